The van der Waals surface area contributed by atoms with Crippen LogP contribution < -0.4 is 30.6 Å². The fourth-order valence-corrected chi connectivity index (χ4v) is 2.52. The van der Waals surface area contributed by atoms with Crippen molar-refractivity contribution >= 4 is 23.9 Å². The summed E-state index contributed by atoms with van der Waals surface area (Å²) in [6.45, 7) is 6.97. The SMILES string of the molecule is CC(=O)[O-].CC(=O)[O-].CC(=O)[O-].CC(=O)[O-].[Co+2].[Co+3].[Co+3].[O-]CCN(CCO)Cc1ccccn1.[O-]CCN(CCO)Cc1ccccn1. The summed E-state index contributed by atoms with van der Waals surface area (Å²) in [5.74, 6) is -4.33. The molecule has 0 amide bonds. The van der Waals surface area contributed by atoms with Crippen LogP contribution in [0.5, 0.6) is 0 Å². The molecule has 0 fully saturated rings. The molecule has 2 N–H and O–H groups in total. The first-order valence-electron chi connectivity index (χ1n) is 13.0. The number of rotatable bonds is 12. The van der Waals surface area contributed by atoms with Gasteiger partial charge in [-0.15, -0.1) is 13.2 Å². The summed E-state index contributed by atoms with van der Waals surface area (Å²) in [6.07, 6.45) is 3.45. The largest absolute Gasteiger partial charge is 3.00 e. The summed E-state index contributed by atoms with van der Waals surface area (Å²) in [7, 11) is 0. The van der Waals surface area contributed by atoms with Gasteiger partial charge in [-0.05, 0) is 65.0 Å². The Hall–Kier alpha value is -2.54. The summed E-state index contributed by atoms with van der Waals surface area (Å²) in [5, 5.41) is 74.0. The van der Waals surface area contributed by atoms with E-state index < -0.39 is 23.9 Å². The minimum atomic E-state index is -1.08. The number of nitrogens with zero attached hydrogens (tertiary/aromatic N) is 4. The zero-order valence-corrected chi connectivity index (χ0v) is 29.6. The molecule has 271 valence electrons. The number of pyridine rings is 2. The van der Waals surface area contributed by atoms with E-state index in [1.54, 1.807) is 12.4 Å². The molecule has 0 aliphatic heterocycles. The molecule has 0 unspecified atom stereocenters. The summed E-state index contributed by atoms with van der Waals surface area (Å²) in [6, 6.07) is 11.4. The fourth-order valence-electron chi connectivity index (χ4n) is 2.52. The van der Waals surface area contributed by atoms with E-state index in [1.807, 2.05) is 46.2 Å². The van der Waals surface area contributed by atoms with Crippen molar-refractivity contribution < 1.29 is 110 Å². The van der Waals surface area contributed by atoms with Gasteiger partial charge >= 0.3 is 50.3 Å². The molecule has 2 aromatic heterocycles. The van der Waals surface area contributed by atoms with Crippen molar-refractivity contribution in [1.82, 2.24) is 19.8 Å². The average Bonchev–Trinajstić information content (AvgIpc) is 2.90. The van der Waals surface area contributed by atoms with Crippen molar-refractivity contribution in [2.45, 2.75) is 40.8 Å². The van der Waals surface area contributed by atoms with Crippen molar-refractivity contribution in [3.05, 3.63) is 60.2 Å². The molecule has 0 aliphatic carbocycles. The Balaban J connectivity index is -0.0000000902. The first kappa shape index (κ1) is 59.8. The quantitative estimate of drug-likeness (QED) is 0.202. The second-order valence-corrected chi connectivity index (χ2v) is 8.02. The van der Waals surface area contributed by atoms with Gasteiger partial charge in [-0.3, -0.25) is 19.8 Å². The Bertz CT molecular complexity index is 841. The number of aliphatic hydroxyl groups is 2. The molecular weight excluding hydrogens is 761 g/mol. The maximum Gasteiger partial charge on any atom is 3.00 e. The van der Waals surface area contributed by atoms with Gasteiger partial charge in [-0.2, -0.15) is 0 Å². The molecular formula is C28H42Co3N4O12+2. The molecule has 2 heterocycles. The summed E-state index contributed by atoms with van der Waals surface area (Å²) < 4.78 is 0. The minimum absolute atomic E-state index is 0. The van der Waals surface area contributed by atoms with Crippen LogP contribution in [0.15, 0.2) is 48.8 Å². The van der Waals surface area contributed by atoms with Gasteiger partial charge in [0.25, 0.3) is 0 Å². The molecule has 0 spiro atoms. The Morgan fingerprint density at radius 1 is 0.596 bits per heavy atom. The van der Waals surface area contributed by atoms with E-state index in [4.69, 9.17) is 49.8 Å². The Morgan fingerprint density at radius 2 is 0.851 bits per heavy atom. The van der Waals surface area contributed by atoms with E-state index >= 15 is 0 Å². The maximum atomic E-state index is 10.5. The van der Waals surface area contributed by atoms with Crippen molar-refractivity contribution in [3.63, 3.8) is 0 Å². The smallest absolute Gasteiger partial charge is 0.854 e. The molecule has 0 aromatic carbocycles. The Kier molecular flexibility index (Phi) is 58.0. The summed E-state index contributed by atoms with van der Waals surface area (Å²) in [4.78, 5) is 47.7. The molecule has 2 rings (SSSR count). The molecule has 0 saturated carbocycles. The first-order chi connectivity index (χ1) is 20.7. The van der Waals surface area contributed by atoms with Gasteiger partial charge in [0.05, 0.1) is 24.6 Å². The number of carboxylic acids is 4. The predicted molar refractivity (Wildman–Crippen MR) is 146 cm³/mol. The molecule has 19 heteroatoms. The summed E-state index contributed by atoms with van der Waals surface area (Å²) in [5.41, 5.74) is 1.85. The Morgan fingerprint density at radius 3 is 1.02 bits per heavy atom. The van der Waals surface area contributed by atoms with Crippen LogP contribution in [0.4, 0.5) is 0 Å². The van der Waals surface area contributed by atoms with Gasteiger partial charge in [0.2, 0.25) is 0 Å². The first-order valence-corrected chi connectivity index (χ1v) is 13.0. The molecule has 2 aromatic rings. The van der Waals surface area contributed by atoms with Crippen LogP contribution in [-0.4, -0.2) is 106 Å². The monoisotopic (exact) mass is 803 g/mol. The molecule has 0 aliphatic rings. The predicted octanol–water partition coefficient (Wildman–Crippen LogP) is -6.51. The third kappa shape index (κ3) is 66.7. The van der Waals surface area contributed by atoms with E-state index in [2.05, 4.69) is 9.97 Å². The zero-order valence-electron chi connectivity index (χ0n) is 26.5. The van der Waals surface area contributed by atoms with Crippen LogP contribution >= 0.6 is 0 Å². The second-order valence-electron chi connectivity index (χ2n) is 8.02. The van der Waals surface area contributed by atoms with Crippen LogP contribution in [0, 0.1) is 0 Å². The van der Waals surface area contributed by atoms with Crippen LogP contribution in [0.1, 0.15) is 39.1 Å². The van der Waals surface area contributed by atoms with Crippen molar-refractivity contribution in [2.24, 2.45) is 0 Å². The fraction of sp³-hybridized carbons (Fsp3) is 0.500. The maximum absolute atomic E-state index is 10.5. The van der Waals surface area contributed by atoms with E-state index in [9.17, 15) is 10.2 Å². The number of carboxylic acid groups (broad SMARTS) is 4. The molecule has 0 atom stereocenters. The number of aliphatic carboxylic acids is 4. The standard InChI is InChI=1S/2C10H15N2O2.4C2H4O2.3Co/c2*13-7-5-12(6-8-14)9-10-3-1-2-4-11-10;4*1-2(3)4;;;/h2*1-4,13H,5-9H2;4*1H3,(H,3,4);;;/q2*-1;;;;;+2;2*+3/p-4. The van der Waals surface area contributed by atoms with Crippen molar-refractivity contribution in [2.75, 3.05) is 52.6 Å². The number of carbonyl (C=O) groups excluding carboxylic acids is 4. The molecule has 0 saturated heterocycles. The van der Waals surface area contributed by atoms with Crippen molar-refractivity contribution in [1.29, 1.82) is 0 Å². The van der Waals surface area contributed by atoms with Crippen LogP contribution in [0.2, 0.25) is 0 Å². The minimum Gasteiger partial charge on any atom is -0.854 e. The van der Waals surface area contributed by atoms with Gasteiger partial charge in [-0.25, -0.2) is 0 Å². The molecule has 47 heavy (non-hydrogen) atoms. The van der Waals surface area contributed by atoms with Crippen LogP contribution in [0.25, 0.3) is 0 Å². The zero-order chi connectivity index (χ0) is 34.8. The van der Waals surface area contributed by atoms with E-state index in [1.165, 1.54) is 0 Å². The van der Waals surface area contributed by atoms with E-state index in [0.29, 0.717) is 39.3 Å². The molecule has 0 bridgehead atoms. The van der Waals surface area contributed by atoms with E-state index in [-0.39, 0.29) is 76.8 Å². The van der Waals surface area contributed by atoms with Gasteiger partial charge in [0.1, 0.15) is 0 Å². The van der Waals surface area contributed by atoms with Gasteiger partial charge in [-0.1, -0.05) is 12.1 Å². The normalized spacial score (nSPS) is 8.55. The number of aliphatic hydroxyl groups excluding tert-OH is 2. The number of aromatic nitrogens is 2. The van der Waals surface area contributed by atoms with Gasteiger partial charge in [0, 0.05) is 62.4 Å². The third-order valence-electron chi connectivity index (χ3n) is 3.87. The topological polar surface area (TPSA) is 279 Å². The van der Waals surface area contributed by atoms with E-state index in [0.717, 1.165) is 39.1 Å². The van der Waals surface area contributed by atoms with Crippen LogP contribution in [0.3, 0.4) is 0 Å². The second kappa shape index (κ2) is 45.6. The van der Waals surface area contributed by atoms with Gasteiger partial charge < -0.3 is 60.0 Å². The Labute approximate surface area is 306 Å². The average molecular weight is 803 g/mol. The molecule has 16 nitrogen and oxygen atoms in total. The number of hydrogen-bond donors (Lipinski definition) is 2. The summed E-state index contributed by atoms with van der Waals surface area (Å²) >= 11 is 0. The number of hydrogen-bond acceptors (Lipinski definition) is 16. The van der Waals surface area contributed by atoms with Crippen LogP contribution in [-0.2, 0) is 82.6 Å². The molecule has 1 radical (unpaired) electrons. The van der Waals surface area contributed by atoms with Crippen molar-refractivity contribution in [3.8, 4) is 0 Å². The van der Waals surface area contributed by atoms with Gasteiger partial charge in [0.15, 0.2) is 0 Å². The number of carbonyl (C=O) groups is 4. The third-order valence-corrected chi connectivity index (χ3v) is 3.87.